The number of amides is 1. The fourth-order valence-corrected chi connectivity index (χ4v) is 4.51. The third-order valence-electron chi connectivity index (χ3n) is 6.60. The second-order valence-corrected chi connectivity index (χ2v) is 8.97. The molecule has 0 bridgehead atoms. The maximum absolute atomic E-state index is 13.6. The molecular weight excluding hydrogens is 422 g/mol. The first kappa shape index (κ1) is 23.7. The van der Waals surface area contributed by atoms with E-state index in [0.717, 1.165) is 48.6 Å². The molecule has 1 aliphatic heterocycles. The molecule has 1 heterocycles. The van der Waals surface area contributed by atoms with Gasteiger partial charge in [-0.2, -0.15) is 0 Å². The predicted molar refractivity (Wildman–Crippen MR) is 137 cm³/mol. The number of carbonyl (C=O) groups excluding carboxylic acids is 2. The number of benzene rings is 3. The van der Waals surface area contributed by atoms with Crippen molar-refractivity contribution in [3.8, 4) is 0 Å². The number of ketones is 1. The van der Waals surface area contributed by atoms with Crippen LogP contribution in [0.3, 0.4) is 0 Å². The average Bonchev–Trinajstić information content (AvgIpc) is 2.89. The van der Waals surface area contributed by atoms with Crippen LogP contribution in [0.4, 0.5) is 5.69 Å². The van der Waals surface area contributed by atoms with Crippen molar-refractivity contribution in [3.63, 3.8) is 0 Å². The molecule has 0 saturated carbocycles. The molecule has 5 heteroatoms. The Morgan fingerprint density at radius 2 is 1.26 bits per heavy atom. The van der Waals surface area contributed by atoms with Gasteiger partial charge in [0.15, 0.2) is 5.78 Å². The number of nitrogens with zero attached hydrogens (tertiary/aromatic N) is 3. The molecule has 1 amide bonds. The third kappa shape index (κ3) is 5.91. The first-order chi connectivity index (χ1) is 16.5. The molecule has 0 unspecified atom stereocenters. The highest BCUT2D eigenvalue weighted by molar-refractivity contribution is 5.94. The summed E-state index contributed by atoms with van der Waals surface area (Å²) in [4.78, 5) is 31.8. The van der Waals surface area contributed by atoms with Crippen LogP contribution in [0.2, 0.25) is 0 Å². The lowest BCUT2D eigenvalue weighted by molar-refractivity contribution is -0.137. The second-order valence-electron chi connectivity index (χ2n) is 8.97. The predicted octanol–water partition coefficient (Wildman–Crippen LogP) is 4.63. The van der Waals surface area contributed by atoms with Gasteiger partial charge in [0.2, 0.25) is 5.91 Å². The number of anilines is 1. The molecule has 5 nitrogen and oxygen atoms in total. The zero-order valence-electron chi connectivity index (χ0n) is 20.1. The molecule has 3 aromatic carbocycles. The van der Waals surface area contributed by atoms with E-state index in [2.05, 4.69) is 34.1 Å². The second kappa shape index (κ2) is 11.1. The van der Waals surface area contributed by atoms with Crippen LogP contribution in [0, 0.1) is 0 Å². The molecule has 1 fully saturated rings. The highest BCUT2D eigenvalue weighted by atomic mass is 16.2. The van der Waals surface area contributed by atoms with E-state index >= 15 is 0 Å². The van der Waals surface area contributed by atoms with Gasteiger partial charge in [-0.25, -0.2) is 0 Å². The van der Waals surface area contributed by atoms with Gasteiger partial charge < -0.3 is 9.80 Å². The van der Waals surface area contributed by atoms with Crippen molar-refractivity contribution in [2.45, 2.75) is 33.0 Å². The van der Waals surface area contributed by atoms with Gasteiger partial charge in [0.1, 0.15) is 0 Å². The fourth-order valence-electron chi connectivity index (χ4n) is 4.51. The van der Waals surface area contributed by atoms with E-state index in [1.807, 2.05) is 72.5 Å². The molecule has 1 aliphatic rings. The summed E-state index contributed by atoms with van der Waals surface area (Å²) in [7, 11) is 0. The van der Waals surface area contributed by atoms with Crippen molar-refractivity contribution in [3.05, 3.63) is 102 Å². The van der Waals surface area contributed by atoms with Gasteiger partial charge in [-0.15, -0.1) is 0 Å². The highest BCUT2D eigenvalue weighted by Gasteiger charge is 2.29. The minimum Gasteiger partial charge on any atom is -0.369 e. The van der Waals surface area contributed by atoms with Crippen LogP contribution in [0.15, 0.2) is 84.9 Å². The van der Waals surface area contributed by atoms with Gasteiger partial charge in [-0.3, -0.25) is 14.5 Å². The SMILES string of the molecule is CC(=O)c1ccc(N2CCN([C@H](C)C(=O)N(Cc3ccccc3)Cc3ccccc3)CC2)cc1. The summed E-state index contributed by atoms with van der Waals surface area (Å²) in [6.45, 7) is 8.18. The van der Waals surface area contributed by atoms with Crippen LogP contribution < -0.4 is 4.90 Å². The molecule has 0 spiro atoms. The van der Waals surface area contributed by atoms with Gasteiger partial charge in [0.25, 0.3) is 0 Å². The average molecular weight is 456 g/mol. The smallest absolute Gasteiger partial charge is 0.240 e. The summed E-state index contributed by atoms with van der Waals surface area (Å²) in [5, 5.41) is 0. The van der Waals surface area contributed by atoms with Gasteiger partial charge in [-0.05, 0) is 49.2 Å². The molecule has 34 heavy (non-hydrogen) atoms. The van der Waals surface area contributed by atoms with E-state index < -0.39 is 0 Å². The minimum atomic E-state index is -0.185. The summed E-state index contributed by atoms with van der Waals surface area (Å²) < 4.78 is 0. The van der Waals surface area contributed by atoms with E-state index in [9.17, 15) is 9.59 Å². The fraction of sp³-hybridized carbons (Fsp3) is 0.310. The van der Waals surface area contributed by atoms with Crippen LogP contribution >= 0.6 is 0 Å². The van der Waals surface area contributed by atoms with Gasteiger partial charge in [0.05, 0.1) is 6.04 Å². The molecule has 1 saturated heterocycles. The molecule has 176 valence electrons. The Morgan fingerprint density at radius 3 is 1.74 bits per heavy atom. The molecule has 4 rings (SSSR count). The first-order valence-corrected chi connectivity index (χ1v) is 12.0. The van der Waals surface area contributed by atoms with Gasteiger partial charge in [0, 0.05) is 50.5 Å². The van der Waals surface area contributed by atoms with Crippen molar-refractivity contribution in [2.24, 2.45) is 0 Å². The lowest BCUT2D eigenvalue weighted by atomic mass is 10.1. The van der Waals surface area contributed by atoms with Crippen LogP contribution in [-0.4, -0.2) is 53.7 Å². The Bertz CT molecular complexity index is 1030. The molecular formula is C29H33N3O2. The lowest BCUT2D eigenvalue weighted by Crippen LogP contribution is -2.54. The molecule has 0 aromatic heterocycles. The summed E-state index contributed by atoms with van der Waals surface area (Å²) in [6, 6.07) is 28.0. The zero-order chi connectivity index (χ0) is 23.9. The van der Waals surface area contributed by atoms with Crippen LogP contribution in [0.25, 0.3) is 0 Å². The van der Waals surface area contributed by atoms with E-state index in [4.69, 9.17) is 0 Å². The normalized spacial score (nSPS) is 15.1. The Balaban J connectivity index is 1.41. The van der Waals surface area contributed by atoms with Crippen molar-refractivity contribution < 1.29 is 9.59 Å². The van der Waals surface area contributed by atoms with Crippen LogP contribution in [0.1, 0.15) is 35.3 Å². The Kier molecular flexibility index (Phi) is 7.76. The maximum atomic E-state index is 13.6. The summed E-state index contributed by atoms with van der Waals surface area (Å²) in [5.41, 5.74) is 4.13. The quantitative estimate of drug-likeness (QED) is 0.465. The van der Waals surface area contributed by atoms with Crippen LogP contribution in [-0.2, 0) is 17.9 Å². The van der Waals surface area contributed by atoms with E-state index in [-0.39, 0.29) is 17.7 Å². The topological polar surface area (TPSA) is 43.9 Å². The number of rotatable bonds is 8. The van der Waals surface area contributed by atoms with Crippen molar-refractivity contribution in [1.29, 1.82) is 0 Å². The lowest BCUT2D eigenvalue weighted by Gasteiger charge is -2.40. The third-order valence-corrected chi connectivity index (χ3v) is 6.60. The van der Waals surface area contributed by atoms with Crippen molar-refractivity contribution in [1.82, 2.24) is 9.80 Å². The number of hydrogen-bond donors (Lipinski definition) is 0. The Hall–Kier alpha value is -3.44. The number of Topliss-reactive ketones (excluding diaryl/α,β-unsaturated/α-hetero) is 1. The van der Waals surface area contributed by atoms with Crippen LogP contribution in [0.5, 0.6) is 0 Å². The summed E-state index contributed by atoms with van der Waals surface area (Å²) in [6.07, 6.45) is 0. The minimum absolute atomic E-state index is 0.0827. The maximum Gasteiger partial charge on any atom is 0.240 e. The van der Waals surface area contributed by atoms with E-state index in [1.165, 1.54) is 0 Å². The molecule has 3 aromatic rings. The largest absolute Gasteiger partial charge is 0.369 e. The summed E-state index contributed by atoms with van der Waals surface area (Å²) in [5.74, 6) is 0.242. The Labute approximate surface area is 202 Å². The number of hydrogen-bond acceptors (Lipinski definition) is 4. The molecule has 0 aliphatic carbocycles. The molecule has 1 atom stereocenters. The zero-order valence-corrected chi connectivity index (χ0v) is 20.1. The first-order valence-electron chi connectivity index (χ1n) is 12.0. The van der Waals surface area contributed by atoms with Crippen molar-refractivity contribution >= 4 is 17.4 Å². The summed E-state index contributed by atoms with van der Waals surface area (Å²) >= 11 is 0. The van der Waals surface area contributed by atoms with Gasteiger partial charge >= 0.3 is 0 Å². The van der Waals surface area contributed by atoms with Crippen molar-refractivity contribution in [2.75, 3.05) is 31.1 Å². The van der Waals surface area contributed by atoms with Gasteiger partial charge in [-0.1, -0.05) is 60.7 Å². The standard InChI is InChI=1S/C29H33N3O2/c1-23(30-17-19-31(20-18-30)28-15-13-27(14-16-28)24(2)33)29(34)32(21-25-9-5-3-6-10-25)22-26-11-7-4-8-12-26/h3-16,23H,17-22H2,1-2H3/t23-/m1/s1. The molecule has 0 radical (unpaired) electrons. The number of carbonyl (C=O) groups is 2. The van der Waals surface area contributed by atoms with E-state index in [1.54, 1.807) is 6.92 Å². The number of piperazine rings is 1. The van der Waals surface area contributed by atoms with E-state index in [0.29, 0.717) is 13.1 Å². The Morgan fingerprint density at radius 1 is 0.765 bits per heavy atom. The molecule has 0 N–H and O–H groups in total. The monoisotopic (exact) mass is 455 g/mol. The highest BCUT2D eigenvalue weighted by Crippen LogP contribution is 2.20.